The molecule has 0 aliphatic carbocycles. The molecular weight excluding hydrogens is 417 g/mol. The Labute approximate surface area is 145 Å². The van der Waals surface area contributed by atoms with Crippen LogP contribution in [0.15, 0.2) is 22.1 Å². The van der Waals surface area contributed by atoms with E-state index in [0.29, 0.717) is 27.9 Å². The van der Waals surface area contributed by atoms with Crippen molar-refractivity contribution in [3.8, 4) is 28.8 Å². The predicted octanol–water partition coefficient (Wildman–Crippen LogP) is 2.65. The van der Waals surface area contributed by atoms with Gasteiger partial charge < -0.3 is 14.5 Å². The van der Waals surface area contributed by atoms with Crippen LogP contribution in [0.1, 0.15) is 5.56 Å². The van der Waals surface area contributed by atoms with Gasteiger partial charge in [0.2, 0.25) is 0 Å². The van der Waals surface area contributed by atoms with Crippen LogP contribution >= 0.6 is 34.4 Å². The van der Waals surface area contributed by atoms with Gasteiger partial charge in [0.05, 0.1) is 23.5 Å². The summed E-state index contributed by atoms with van der Waals surface area (Å²) in [5.41, 5.74) is 0.469. The van der Waals surface area contributed by atoms with Gasteiger partial charge in [-0.2, -0.15) is 5.26 Å². The first-order chi connectivity index (χ1) is 10.5. The maximum atomic E-state index is 12.0. The van der Waals surface area contributed by atoms with Crippen molar-refractivity contribution in [2.45, 2.75) is 5.16 Å². The lowest BCUT2D eigenvalue weighted by atomic mass is 10.1. The van der Waals surface area contributed by atoms with E-state index in [2.05, 4.69) is 32.6 Å². The quantitative estimate of drug-likeness (QED) is 0.457. The highest BCUT2D eigenvalue weighted by molar-refractivity contribution is 14.1. The maximum absolute atomic E-state index is 12.0. The summed E-state index contributed by atoms with van der Waals surface area (Å²) in [5.74, 6) is 1.11. The third-order valence-electron chi connectivity index (χ3n) is 2.91. The van der Waals surface area contributed by atoms with E-state index in [0.717, 1.165) is 3.57 Å². The van der Waals surface area contributed by atoms with Gasteiger partial charge in [0.15, 0.2) is 16.7 Å². The number of aromatic nitrogens is 2. The largest absolute Gasteiger partial charge is 0.493 e. The maximum Gasteiger partial charge on any atom is 0.270 e. The molecular formula is C14H12IN3O3S. The van der Waals surface area contributed by atoms with Crippen molar-refractivity contribution in [3.05, 3.63) is 31.6 Å². The van der Waals surface area contributed by atoms with Gasteiger partial charge in [0.1, 0.15) is 11.6 Å². The molecule has 0 radical (unpaired) electrons. The van der Waals surface area contributed by atoms with Crippen LogP contribution in [0.3, 0.4) is 0 Å². The van der Waals surface area contributed by atoms with Crippen molar-refractivity contribution in [1.82, 2.24) is 9.97 Å². The lowest BCUT2D eigenvalue weighted by Crippen LogP contribution is -2.14. The smallest absolute Gasteiger partial charge is 0.270 e. The van der Waals surface area contributed by atoms with Gasteiger partial charge in [-0.15, -0.1) is 0 Å². The second kappa shape index (κ2) is 7.02. The van der Waals surface area contributed by atoms with Crippen molar-refractivity contribution >= 4 is 34.4 Å². The number of methoxy groups -OCH3 is 2. The second-order valence-corrected chi connectivity index (χ2v) is 6.06. The summed E-state index contributed by atoms with van der Waals surface area (Å²) in [6.45, 7) is 0. The first-order valence-corrected chi connectivity index (χ1v) is 8.36. The highest BCUT2D eigenvalue weighted by Crippen LogP contribution is 2.37. The highest BCUT2D eigenvalue weighted by atomic mass is 127. The molecule has 0 bridgehead atoms. The molecule has 0 saturated heterocycles. The summed E-state index contributed by atoms with van der Waals surface area (Å²) in [4.78, 5) is 18.9. The fourth-order valence-electron chi connectivity index (χ4n) is 1.92. The first kappa shape index (κ1) is 16.6. The van der Waals surface area contributed by atoms with Crippen molar-refractivity contribution in [3.63, 3.8) is 0 Å². The molecule has 8 heteroatoms. The summed E-state index contributed by atoms with van der Waals surface area (Å²) in [7, 11) is 3.08. The Bertz CT molecular complexity index is 814. The number of ether oxygens (including phenoxy) is 2. The number of nitrogens with one attached hydrogen (secondary N) is 1. The van der Waals surface area contributed by atoms with Crippen LogP contribution in [0.5, 0.6) is 11.5 Å². The molecule has 114 valence electrons. The van der Waals surface area contributed by atoms with Crippen molar-refractivity contribution in [2.24, 2.45) is 0 Å². The summed E-state index contributed by atoms with van der Waals surface area (Å²) >= 11 is 3.40. The molecule has 1 aromatic heterocycles. The molecule has 0 unspecified atom stereocenters. The van der Waals surface area contributed by atoms with Gasteiger partial charge in [-0.3, -0.25) is 4.79 Å². The molecule has 0 saturated carbocycles. The van der Waals surface area contributed by atoms with E-state index in [1.54, 1.807) is 25.5 Å². The van der Waals surface area contributed by atoms with Gasteiger partial charge in [0.25, 0.3) is 5.56 Å². The van der Waals surface area contributed by atoms with E-state index in [9.17, 15) is 10.1 Å². The molecule has 1 N–H and O–H groups in total. The molecule has 1 aromatic carbocycles. The average Bonchev–Trinajstić information content (AvgIpc) is 2.52. The number of H-pyrrole nitrogens is 1. The molecule has 0 atom stereocenters. The minimum Gasteiger partial charge on any atom is -0.493 e. The van der Waals surface area contributed by atoms with Crippen molar-refractivity contribution in [2.75, 3.05) is 20.5 Å². The fraction of sp³-hybridized carbons (Fsp3) is 0.214. The minimum absolute atomic E-state index is 0.0270. The normalized spacial score (nSPS) is 10.1. The topological polar surface area (TPSA) is 88.0 Å². The van der Waals surface area contributed by atoms with Crippen LogP contribution in [0.2, 0.25) is 0 Å². The summed E-state index contributed by atoms with van der Waals surface area (Å²) < 4.78 is 11.4. The van der Waals surface area contributed by atoms with Gasteiger partial charge in [-0.1, -0.05) is 11.8 Å². The van der Waals surface area contributed by atoms with Crippen LogP contribution in [0.25, 0.3) is 11.3 Å². The third kappa shape index (κ3) is 3.05. The molecule has 0 aliphatic heterocycles. The Balaban J connectivity index is 2.77. The van der Waals surface area contributed by atoms with Crippen LogP contribution in [0.4, 0.5) is 0 Å². The molecule has 0 amide bonds. The number of halogens is 1. The third-order valence-corrected chi connectivity index (χ3v) is 4.29. The monoisotopic (exact) mass is 429 g/mol. The van der Waals surface area contributed by atoms with Gasteiger partial charge in [-0.25, -0.2) is 4.98 Å². The van der Waals surface area contributed by atoms with E-state index < -0.39 is 5.56 Å². The lowest BCUT2D eigenvalue weighted by molar-refractivity contribution is 0.353. The van der Waals surface area contributed by atoms with Crippen LogP contribution in [-0.2, 0) is 0 Å². The van der Waals surface area contributed by atoms with Gasteiger partial charge in [0, 0.05) is 5.56 Å². The number of rotatable bonds is 4. The zero-order chi connectivity index (χ0) is 16.3. The Hall–Kier alpha value is -1.73. The zero-order valence-corrected chi connectivity index (χ0v) is 15.0. The van der Waals surface area contributed by atoms with E-state index in [-0.39, 0.29) is 5.56 Å². The average molecular weight is 429 g/mol. The van der Waals surface area contributed by atoms with Gasteiger partial charge >= 0.3 is 0 Å². The van der Waals surface area contributed by atoms with E-state index in [4.69, 9.17) is 9.47 Å². The summed E-state index contributed by atoms with van der Waals surface area (Å²) in [6, 6.07) is 5.41. The van der Waals surface area contributed by atoms with E-state index in [1.165, 1.54) is 18.9 Å². The Morgan fingerprint density at radius 3 is 2.64 bits per heavy atom. The number of thioether (sulfide) groups is 1. The SMILES string of the molecule is COc1cc(-c2nc(SC)[nH]c(=O)c2C#N)cc(I)c1OC. The fourth-order valence-corrected chi connectivity index (χ4v) is 3.12. The molecule has 2 rings (SSSR count). The molecule has 0 spiro atoms. The summed E-state index contributed by atoms with van der Waals surface area (Å²) in [6.07, 6.45) is 1.80. The number of hydrogen-bond donors (Lipinski definition) is 1. The molecule has 0 fully saturated rings. The van der Waals surface area contributed by atoms with E-state index >= 15 is 0 Å². The number of hydrogen-bond acceptors (Lipinski definition) is 6. The lowest BCUT2D eigenvalue weighted by Gasteiger charge is -2.12. The summed E-state index contributed by atoms with van der Waals surface area (Å²) in [5, 5.41) is 9.69. The Morgan fingerprint density at radius 1 is 1.36 bits per heavy atom. The van der Waals surface area contributed by atoms with Gasteiger partial charge in [-0.05, 0) is 41.0 Å². The molecule has 0 aliphatic rings. The standard InChI is InChI=1S/C14H12IN3O3S/c1-20-10-5-7(4-9(15)12(10)21-2)11-8(6-16)13(19)18-14(17-11)22-3/h4-5H,1-3H3,(H,17,18,19). The molecule has 1 heterocycles. The minimum atomic E-state index is -0.457. The van der Waals surface area contributed by atoms with Crippen LogP contribution < -0.4 is 15.0 Å². The first-order valence-electron chi connectivity index (χ1n) is 6.06. The van der Waals surface area contributed by atoms with Crippen molar-refractivity contribution in [1.29, 1.82) is 5.26 Å². The highest BCUT2D eigenvalue weighted by Gasteiger charge is 2.17. The van der Waals surface area contributed by atoms with Crippen molar-refractivity contribution < 1.29 is 9.47 Å². The predicted molar refractivity (Wildman–Crippen MR) is 92.6 cm³/mol. The number of benzene rings is 1. The Morgan fingerprint density at radius 2 is 2.09 bits per heavy atom. The number of aromatic amines is 1. The zero-order valence-electron chi connectivity index (χ0n) is 12.1. The molecule has 6 nitrogen and oxygen atoms in total. The molecule has 2 aromatic rings. The Kier molecular flexibility index (Phi) is 5.31. The van der Waals surface area contributed by atoms with E-state index in [1.807, 2.05) is 6.07 Å². The number of nitriles is 1. The van der Waals surface area contributed by atoms with Crippen LogP contribution in [-0.4, -0.2) is 30.4 Å². The number of nitrogens with zero attached hydrogens (tertiary/aromatic N) is 2. The molecule has 22 heavy (non-hydrogen) atoms. The van der Waals surface area contributed by atoms with Crippen LogP contribution in [0, 0.1) is 14.9 Å². The second-order valence-electron chi connectivity index (χ2n) is 4.10.